The van der Waals surface area contributed by atoms with Crippen LogP contribution in [0.5, 0.6) is 0 Å². The second kappa shape index (κ2) is 41.5. The quantitative estimate of drug-likeness (QED) is 0.0181. The number of hydrogen-bond acceptors (Lipinski definition) is 9. The Labute approximate surface area is 350 Å². The van der Waals surface area contributed by atoms with Crippen molar-refractivity contribution in [3.63, 3.8) is 0 Å². The minimum absolute atomic E-state index is 0.0181. The molecule has 0 aliphatic carbocycles. The second-order valence-electron chi connectivity index (χ2n) is 13.3. The van der Waals surface area contributed by atoms with Crippen LogP contribution in [0.3, 0.4) is 0 Å². The van der Waals surface area contributed by atoms with E-state index in [0.29, 0.717) is 32.1 Å². The summed E-state index contributed by atoms with van der Waals surface area (Å²) >= 11 is 0. The Morgan fingerprint density at radius 1 is 0.621 bits per heavy atom. The topological polar surface area (TPSA) is 155 Å². The smallest absolute Gasteiger partial charge is 0.462 e. The number of phosphoric ester groups is 1. The highest BCUT2D eigenvalue weighted by atomic mass is 31.2. The van der Waals surface area contributed by atoms with Gasteiger partial charge in [0.2, 0.25) is 0 Å². The van der Waals surface area contributed by atoms with Gasteiger partial charge in [0.25, 0.3) is 0 Å². The molecule has 3 atom stereocenters. The molecule has 0 fully saturated rings. The number of allylic oxidation sites excluding steroid dienone is 18. The number of ether oxygens (including phenoxy) is 2. The highest BCUT2D eigenvalue weighted by molar-refractivity contribution is 7.47. The van der Waals surface area contributed by atoms with Gasteiger partial charge >= 0.3 is 19.8 Å². The van der Waals surface area contributed by atoms with E-state index >= 15 is 0 Å². The minimum atomic E-state index is -4.43. The lowest BCUT2D eigenvalue weighted by atomic mass is 10.2. The Hall–Kier alpha value is -3.63. The van der Waals surface area contributed by atoms with Gasteiger partial charge in [-0.15, -0.1) is 0 Å². The molecule has 0 amide bonds. The molecule has 0 aromatic carbocycles. The first-order chi connectivity index (χ1) is 28.2. The molecule has 0 aliphatic heterocycles. The van der Waals surface area contributed by atoms with Crippen LogP contribution in [0.1, 0.15) is 123 Å². The maximum Gasteiger partial charge on any atom is 0.472 e. The monoisotopic (exact) mass is 828 g/mol. The number of unbranched alkanes of at least 4 members (excludes halogenated alkanes) is 4. The summed E-state index contributed by atoms with van der Waals surface area (Å²) in [4.78, 5) is 34.8. The lowest BCUT2D eigenvalue weighted by molar-refractivity contribution is -0.161. The van der Waals surface area contributed by atoms with Gasteiger partial charge in [0, 0.05) is 19.4 Å². The molecule has 0 aliphatic rings. The summed E-state index contributed by atoms with van der Waals surface area (Å²) in [5.74, 6) is -1.05. The molecule has 0 rings (SSSR count). The molecule has 58 heavy (non-hydrogen) atoms. The highest BCUT2D eigenvalue weighted by Gasteiger charge is 2.25. The van der Waals surface area contributed by atoms with E-state index < -0.39 is 38.6 Å². The van der Waals surface area contributed by atoms with Gasteiger partial charge in [0.05, 0.1) is 19.3 Å². The first kappa shape index (κ1) is 54.4. The van der Waals surface area contributed by atoms with Gasteiger partial charge in [-0.05, 0) is 83.5 Å². The number of aliphatic hydroxyl groups excluding tert-OH is 1. The van der Waals surface area contributed by atoms with Gasteiger partial charge in [0.1, 0.15) is 6.61 Å². The lowest BCUT2D eigenvalue weighted by Crippen LogP contribution is -2.29. The number of rotatable bonds is 37. The number of carbonyl (C=O) groups excluding carboxylic acids is 2. The van der Waals surface area contributed by atoms with Crippen LogP contribution in [0.4, 0.5) is 0 Å². The minimum Gasteiger partial charge on any atom is -0.462 e. The maximum absolute atomic E-state index is 12.5. The van der Waals surface area contributed by atoms with Crippen LogP contribution < -0.4 is 5.73 Å². The molecule has 2 unspecified atom stereocenters. The number of hydrogen-bond donors (Lipinski definition) is 3. The summed E-state index contributed by atoms with van der Waals surface area (Å²) < 4.78 is 32.6. The summed E-state index contributed by atoms with van der Waals surface area (Å²) in [5, 5.41) is 10.0. The fourth-order valence-corrected chi connectivity index (χ4v) is 5.56. The number of phosphoric acid groups is 1. The largest absolute Gasteiger partial charge is 0.472 e. The SMILES string of the molecule is CC/C=C\C/C=C\CC(O)/C=C/C=C\C/C=C\CCCC(=O)OC[C@H](COP(=O)(O)OCCN)OC(=O)CC/C=C\C/C=C\C/C=C\C/C=C\C/C=C\CCCCC. The third kappa shape index (κ3) is 40.6. The van der Waals surface area contributed by atoms with Gasteiger partial charge in [-0.2, -0.15) is 0 Å². The normalized spacial score (nSPS) is 15.1. The Morgan fingerprint density at radius 3 is 1.78 bits per heavy atom. The van der Waals surface area contributed by atoms with E-state index in [1.165, 1.54) is 25.7 Å². The molecule has 0 radical (unpaired) electrons. The molecule has 4 N–H and O–H groups in total. The fraction of sp³-hybridized carbons (Fsp3) is 0.532. The highest BCUT2D eigenvalue weighted by Crippen LogP contribution is 2.43. The molecule has 0 saturated carbocycles. The molecule has 326 valence electrons. The summed E-state index contributed by atoms with van der Waals surface area (Å²) in [7, 11) is -4.43. The zero-order chi connectivity index (χ0) is 42.6. The molecule has 0 bridgehead atoms. The average molecular weight is 828 g/mol. The number of esters is 2. The predicted molar refractivity (Wildman–Crippen MR) is 239 cm³/mol. The zero-order valence-electron chi connectivity index (χ0n) is 35.3. The van der Waals surface area contributed by atoms with E-state index in [1.807, 2.05) is 54.7 Å². The molecular weight excluding hydrogens is 753 g/mol. The number of nitrogens with two attached hydrogens (primary N) is 1. The van der Waals surface area contributed by atoms with Gasteiger partial charge < -0.3 is 25.2 Å². The van der Waals surface area contributed by atoms with Crippen molar-refractivity contribution in [2.24, 2.45) is 5.73 Å². The third-order valence-corrected chi connectivity index (χ3v) is 8.91. The standard InChI is InChI=1S/C47H74NO9P/c1-3-5-7-9-11-12-13-14-15-16-17-18-19-20-21-22-27-31-35-39-47(51)57-45(43-56-58(52,53)55-41-40-48)42-54-46(50)38-34-30-26-24-23-25-29-33-37-44(49)36-32-28-10-8-6-4-2/h6,8,11-12,14-15,17-18,20-21,24-29,31-33,37,44-45,49H,3-5,7,9-10,13,16,19,22-23,30,34-36,38-43,48H2,1-2H3,(H,52,53)/b8-6-,12-11-,15-14-,18-17-,21-20-,26-24-,29-25-,31-27-,32-28-,37-33+/t44?,45-/m1/s1. The molecule has 0 saturated heterocycles. The van der Waals surface area contributed by atoms with Gasteiger partial charge in [0.15, 0.2) is 6.10 Å². The van der Waals surface area contributed by atoms with Crippen molar-refractivity contribution < 1.29 is 42.7 Å². The van der Waals surface area contributed by atoms with Crippen LogP contribution in [0, 0.1) is 0 Å². The third-order valence-electron chi connectivity index (χ3n) is 7.93. The van der Waals surface area contributed by atoms with Gasteiger partial charge in [-0.3, -0.25) is 18.6 Å². The van der Waals surface area contributed by atoms with Gasteiger partial charge in [-0.25, -0.2) is 4.57 Å². The van der Waals surface area contributed by atoms with Crippen LogP contribution in [0.15, 0.2) is 122 Å². The zero-order valence-corrected chi connectivity index (χ0v) is 36.2. The molecule has 0 aromatic rings. The van der Waals surface area contributed by atoms with Crippen molar-refractivity contribution in [2.75, 3.05) is 26.4 Å². The first-order valence-corrected chi connectivity index (χ1v) is 22.6. The predicted octanol–water partition coefficient (Wildman–Crippen LogP) is 11.1. The first-order valence-electron chi connectivity index (χ1n) is 21.1. The molecule has 0 heterocycles. The van der Waals surface area contributed by atoms with Crippen molar-refractivity contribution in [3.8, 4) is 0 Å². The van der Waals surface area contributed by atoms with Crippen LogP contribution >= 0.6 is 7.82 Å². The van der Waals surface area contributed by atoms with E-state index in [4.69, 9.17) is 24.3 Å². The summed E-state index contributed by atoms with van der Waals surface area (Å²) in [6, 6.07) is 0. The van der Waals surface area contributed by atoms with E-state index in [2.05, 4.69) is 74.6 Å². The Kier molecular flexibility index (Phi) is 38.9. The molecule has 10 nitrogen and oxygen atoms in total. The molecule has 0 aromatic heterocycles. The van der Waals surface area contributed by atoms with Crippen LogP contribution in [-0.2, 0) is 32.7 Å². The molecular formula is C47H74NO9P. The van der Waals surface area contributed by atoms with E-state index in [9.17, 15) is 24.2 Å². The maximum atomic E-state index is 12.5. The Bertz CT molecular complexity index is 1370. The lowest BCUT2D eigenvalue weighted by Gasteiger charge is -2.19. The fourth-order valence-electron chi connectivity index (χ4n) is 4.79. The van der Waals surface area contributed by atoms with E-state index in [-0.39, 0.29) is 32.6 Å². The van der Waals surface area contributed by atoms with Crippen LogP contribution in [0.2, 0.25) is 0 Å². The van der Waals surface area contributed by atoms with E-state index in [1.54, 1.807) is 6.08 Å². The van der Waals surface area contributed by atoms with E-state index in [0.717, 1.165) is 38.5 Å². The Morgan fingerprint density at radius 2 is 1.17 bits per heavy atom. The van der Waals surface area contributed by atoms with Crippen molar-refractivity contribution in [1.29, 1.82) is 0 Å². The number of carbonyl (C=O) groups is 2. The van der Waals surface area contributed by atoms with Crippen molar-refractivity contribution in [3.05, 3.63) is 122 Å². The van der Waals surface area contributed by atoms with Crippen LogP contribution in [0.25, 0.3) is 0 Å². The van der Waals surface area contributed by atoms with Crippen molar-refractivity contribution in [1.82, 2.24) is 0 Å². The average Bonchev–Trinajstić information content (AvgIpc) is 3.21. The van der Waals surface area contributed by atoms with Crippen molar-refractivity contribution in [2.45, 2.75) is 135 Å². The van der Waals surface area contributed by atoms with Gasteiger partial charge in [-0.1, -0.05) is 148 Å². The summed E-state index contributed by atoms with van der Waals surface area (Å²) in [6.07, 6.45) is 52.8. The molecule has 0 spiro atoms. The van der Waals surface area contributed by atoms with Crippen molar-refractivity contribution >= 4 is 19.8 Å². The summed E-state index contributed by atoms with van der Waals surface area (Å²) in [6.45, 7) is 3.30. The number of aliphatic hydroxyl groups is 1. The second-order valence-corrected chi connectivity index (χ2v) is 14.8. The summed E-state index contributed by atoms with van der Waals surface area (Å²) in [5.41, 5.74) is 5.33. The Balaban J connectivity index is 4.49. The molecule has 11 heteroatoms. The van der Waals surface area contributed by atoms with Crippen LogP contribution in [-0.4, -0.2) is 60.5 Å².